The number of amides is 1. The van der Waals surface area contributed by atoms with Crippen LogP contribution in [0.4, 0.5) is 5.69 Å². The molecular weight excluding hydrogens is 355 g/mol. The number of halogens is 2. The van der Waals surface area contributed by atoms with Gasteiger partial charge in [-0.25, -0.2) is 0 Å². The summed E-state index contributed by atoms with van der Waals surface area (Å²) in [6, 6.07) is 11.0. The molecule has 1 atom stereocenters. The molecule has 8 heteroatoms. The van der Waals surface area contributed by atoms with Gasteiger partial charge in [-0.3, -0.25) is 14.9 Å². The highest BCUT2D eigenvalue weighted by molar-refractivity contribution is 6.32. The van der Waals surface area contributed by atoms with Gasteiger partial charge in [-0.2, -0.15) is 0 Å². The van der Waals surface area contributed by atoms with Crippen LogP contribution in [0.3, 0.4) is 0 Å². The van der Waals surface area contributed by atoms with Gasteiger partial charge in [0.25, 0.3) is 11.6 Å². The first-order chi connectivity index (χ1) is 11.4. The van der Waals surface area contributed by atoms with Crippen molar-refractivity contribution < 1.29 is 14.5 Å². The molecule has 0 saturated carbocycles. The van der Waals surface area contributed by atoms with E-state index < -0.39 is 11.0 Å². The van der Waals surface area contributed by atoms with Gasteiger partial charge in [0.1, 0.15) is 5.75 Å². The highest BCUT2D eigenvalue weighted by Gasteiger charge is 2.18. The van der Waals surface area contributed by atoms with E-state index in [2.05, 4.69) is 5.32 Å². The Bertz CT molecular complexity index is 767. The number of nitrogens with one attached hydrogen (secondary N) is 1. The van der Waals surface area contributed by atoms with Crippen LogP contribution in [0.15, 0.2) is 42.5 Å². The third-order valence-corrected chi connectivity index (χ3v) is 3.87. The Kier molecular flexibility index (Phi) is 6.00. The maximum atomic E-state index is 12.1. The van der Waals surface area contributed by atoms with Gasteiger partial charge < -0.3 is 10.1 Å². The minimum atomic E-state index is -0.827. The van der Waals surface area contributed by atoms with Crippen molar-refractivity contribution in [2.24, 2.45) is 0 Å². The van der Waals surface area contributed by atoms with Crippen molar-refractivity contribution in [1.82, 2.24) is 5.32 Å². The van der Waals surface area contributed by atoms with E-state index in [1.54, 1.807) is 25.1 Å². The first kappa shape index (κ1) is 18.0. The van der Waals surface area contributed by atoms with Crippen molar-refractivity contribution in [2.45, 2.75) is 19.6 Å². The van der Waals surface area contributed by atoms with E-state index in [9.17, 15) is 14.9 Å². The van der Waals surface area contributed by atoms with E-state index in [4.69, 9.17) is 27.9 Å². The molecule has 0 bridgehead atoms. The number of nitrogens with zero attached hydrogens (tertiary/aromatic N) is 1. The quantitative estimate of drug-likeness (QED) is 0.617. The van der Waals surface area contributed by atoms with Crippen molar-refractivity contribution >= 4 is 34.8 Å². The summed E-state index contributed by atoms with van der Waals surface area (Å²) in [5, 5.41) is 14.0. The first-order valence-corrected chi connectivity index (χ1v) is 7.76. The van der Waals surface area contributed by atoms with Crippen LogP contribution in [0.2, 0.25) is 10.0 Å². The van der Waals surface area contributed by atoms with Gasteiger partial charge in [-0.1, -0.05) is 41.4 Å². The second-order valence-electron chi connectivity index (χ2n) is 4.94. The SMILES string of the molecule is C[C@@H](Oc1ccc([N+](=O)[O-])cc1Cl)C(=O)NCc1ccccc1Cl. The molecular formula is C16H14Cl2N2O4. The summed E-state index contributed by atoms with van der Waals surface area (Å²) in [6.45, 7) is 1.82. The molecule has 1 amide bonds. The molecule has 0 aliphatic heterocycles. The highest BCUT2D eigenvalue weighted by atomic mass is 35.5. The van der Waals surface area contributed by atoms with Crippen LogP contribution < -0.4 is 10.1 Å². The van der Waals surface area contributed by atoms with E-state index in [0.717, 1.165) is 5.56 Å². The lowest BCUT2D eigenvalue weighted by molar-refractivity contribution is -0.384. The molecule has 2 aromatic carbocycles. The highest BCUT2D eigenvalue weighted by Crippen LogP contribution is 2.29. The molecule has 0 radical (unpaired) electrons. The van der Waals surface area contributed by atoms with E-state index in [0.29, 0.717) is 5.02 Å². The smallest absolute Gasteiger partial charge is 0.271 e. The summed E-state index contributed by atoms with van der Waals surface area (Å²) >= 11 is 12.0. The van der Waals surface area contributed by atoms with E-state index in [1.165, 1.54) is 18.2 Å². The third kappa shape index (κ3) is 4.59. The van der Waals surface area contributed by atoms with Gasteiger partial charge in [-0.05, 0) is 24.6 Å². The summed E-state index contributed by atoms with van der Waals surface area (Å²) in [4.78, 5) is 22.2. The van der Waals surface area contributed by atoms with Crippen LogP contribution >= 0.6 is 23.2 Å². The maximum absolute atomic E-state index is 12.1. The molecule has 0 fully saturated rings. The Morgan fingerprint density at radius 1 is 1.25 bits per heavy atom. The fraction of sp³-hybridized carbons (Fsp3) is 0.188. The zero-order valence-corrected chi connectivity index (χ0v) is 14.2. The summed E-state index contributed by atoms with van der Waals surface area (Å²) in [5.74, 6) is -0.160. The molecule has 0 spiro atoms. The van der Waals surface area contributed by atoms with Crippen LogP contribution in [0, 0.1) is 10.1 Å². The molecule has 0 aliphatic carbocycles. The van der Waals surface area contributed by atoms with Crippen molar-refractivity contribution in [3.05, 3.63) is 68.2 Å². The number of carbonyl (C=O) groups excluding carboxylic acids is 1. The monoisotopic (exact) mass is 368 g/mol. The number of rotatable bonds is 6. The number of non-ortho nitro benzene ring substituents is 1. The second kappa shape index (κ2) is 7.99. The Hall–Kier alpha value is -2.31. The molecule has 2 rings (SSSR count). The first-order valence-electron chi connectivity index (χ1n) is 7.00. The summed E-state index contributed by atoms with van der Waals surface area (Å²) < 4.78 is 5.46. The number of ether oxygens (including phenoxy) is 1. The third-order valence-electron chi connectivity index (χ3n) is 3.21. The van der Waals surface area contributed by atoms with Crippen LogP contribution in [0.1, 0.15) is 12.5 Å². The predicted octanol–water partition coefficient (Wildman–Crippen LogP) is 3.99. The van der Waals surface area contributed by atoms with Crippen LogP contribution in [0.25, 0.3) is 0 Å². The van der Waals surface area contributed by atoms with Gasteiger partial charge in [0, 0.05) is 23.7 Å². The van der Waals surface area contributed by atoms with Gasteiger partial charge in [0.05, 0.1) is 9.95 Å². The topological polar surface area (TPSA) is 81.5 Å². The minimum absolute atomic E-state index is 0.0648. The van der Waals surface area contributed by atoms with Crippen molar-refractivity contribution in [3.8, 4) is 5.75 Å². The molecule has 0 unspecified atom stereocenters. The molecule has 0 heterocycles. The van der Waals surface area contributed by atoms with Crippen LogP contribution in [-0.2, 0) is 11.3 Å². The predicted molar refractivity (Wildman–Crippen MR) is 91.5 cm³/mol. The summed E-state index contributed by atoms with van der Waals surface area (Å²) in [7, 11) is 0. The van der Waals surface area contributed by atoms with Gasteiger partial charge in [0.15, 0.2) is 6.10 Å². The lowest BCUT2D eigenvalue weighted by Gasteiger charge is -2.16. The Balaban J connectivity index is 1.96. The van der Waals surface area contributed by atoms with Crippen molar-refractivity contribution in [1.29, 1.82) is 0 Å². The molecule has 0 saturated heterocycles. The standard InChI is InChI=1S/C16H14Cl2N2O4/c1-10(16(21)19-9-11-4-2-3-5-13(11)17)24-15-7-6-12(20(22)23)8-14(15)18/h2-8,10H,9H2,1H3,(H,19,21)/t10-/m1/s1. The summed E-state index contributed by atoms with van der Waals surface area (Å²) in [5.41, 5.74) is 0.635. The Morgan fingerprint density at radius 2 is 1.96 bits per heavy atom. The molecule has 126 valence electrons. The largest absolute Gasteiger partial charge is 0.479 e. The maximum Gasteiger partial charge on any atom is 0.271 e. The average Bonchev–Trinajstić information content (AvgIpc) is 2.55. The lowest BCUT2D eigenvalue weighted by Crippen LogP contribution is -2.36. The zero-order chi connectivity index (χ0) is 17.7. The molecule has 0 aliphatic rings. The molecule has 2 aromatic rings. The summed E-state index contributed by atoms with van der Waals surface area (Å²) in [6.07, 6.45) is -0.827. The number of hydrogen-bond donors (Lipinski definition) is 1. The number of nitro benzene ring substituents is 1. The van der Waals surface area contributed by atoms with Gasteiger partial charge in [-0.15, -0.1) is 0 Å². The molecule has 24 heavy (non-hydrogen) atoms. The fourth-order valence-electron chi connectivity index (χ4n) is 1.91. The minimum Gasteiger partial charge on any atom is -0.479 e. The van der Waals surface area contributed by atoms with E-state index in [-0.39, 0.29) is 28.9 Å². The van der Waals surface area contributed by atoms with Crippen molar-refractivity contribution in [3.63, 3.8) is 0 Å². The molecule has 1 N–H and O–H groups in total. The fourth-order valence-corrected chi connectivity index (χ4v) is 2.33. The normalized spacial score (nSPS) is 11.6. The van der Waals surface area contributed by atoms with Gasteiger partial charge in [0.2, 0.25) is 0 Å². The Morgan fingerprint density at radius 3 is 2.58 bits per heavy atom. The number of nitro groups is 1. The van der Waals surface area contributed by atoms with Crippen LogP contribution in [0.5, 0.6) is 5.75 Å². The average molecular weight is 369 g/mol. The van der Waals surface area contributed by atoms with E-state index >= 15 is 0 Å². The van der Waals surface area contributed by atoms with Crippen LogP contribution in [-0.4, -0.2) is 16.9 Å². The molecule has 6 nitrogen and oxygen atoms in total. The lowest BCUT2D eigenvalue weighted by atomic mass is 10.2. The molecule has 0 aromatic heterocycles. The number of hydrogen-bond acceptors (Lipinski definition) is 4. The zero-order valence-electron chi connectivity index (χ0n) is 12.7. The van der Waals surface area contributed by atoms with E-state index in [1.807, 2.05) is 6.07 Å². The van der Waals surface area contributed by atoms with Crippen molar-refractivity contribution in [2.75, 3.05) is 0 Å². The number of benzene rings is 2. The second-order valence-corrected chi connectivity index (χ2v) is 5.76. The Labute approximate surface area is 148 Å². The number of carbonyl (C=O) groups is 1. The van der Waals surface area contributed by atoms with Gasteiger partial charge >= 0.3 is 0 Å².